The Hall–Kier alpha value is -2.89. The fourth-order valence-corrected chi connectivity index (χ4v) is 9.01. The zero-order chi connectivity index (χ0) is 52.2. The number of esters is 3. The summed E-state index contributed by atoms with van der Waals surface area (Å²) in [5.41, 5.74) is 0. The molecule has 0 bridgehead atoms. The number of rotatable bonds is 57. The Labute approximate surface area is 447 Å². The minimum Gasteiger partial charge on any atom is -0.462 e. The maximum atomic E-state index is 12.9. The molecule has 6 heteroatoms. The molecule has 0 heterocycles. The molecule has 0 aliphatic heterocycles. The highest BCUT2D eigenvalue weighted by Gasteiger charge is 2.19. The van der Waals surface area contributed by atoms with Gasteiger partial charge in [0.25, 0.3) is 0 Å². The lowest BCUT2D eigenvalue weighted by Crippen LogP contribution is -2.30. The van der Waals surface area contributed by atoms with Gasteiger partial charge in [0.2, 0.25) is 0 Å². The molecule has 72 heavy (non-hydrogen) atoms. The quantitative estimate of drug-likeness (QED) is 0.0261. The molecule has 0 saturated heterocycles. The number of carbonyl (C=O) groups excluding carboxylic acids is 3. The van der Waals surface area contributed by atoms with Gasteiger partial charge in [0.1, 0.15) is 13.2 Å². The van der Waals surface area contributed by atoms with Gasteiger partial charge in [-0.05, 0) is 89.9 Å². The van der Waals surface area contributed by atoms with Crippen LogP contribution in [0.2, 0.25) is 0 Å². The van der Waals surface area contributed by atoms with Crippen molar-refractivity contribution in [1.29, 1.82) is 0 Å². The molecule has 0 aromatic carbocycles. The van der Waals surface area contributed by atoms with E-state index >= 15 is 0 Å². The van der Waals surface area contributed by atoms with Crippen molar-refractivity contribution in [1.82, 2.24) is 0 Å². The van der Waals surface area contributed by atoms with Gasteiger partial charge in [-0.3, -0.25) is 14.4 Å². The Kier molecular flexibility index (Phi) is 58.2. The van der Waals surface area contributed by atoms with Crippen LogP contribution < -0.4 is 0 Å². The summed E-state index contributed by atoms with van der Waals surface area (Å²) in [7, 11) is 0. The number of hydrogen-bond donors (Lipinski definition) is 0. The third-order valence-corrected chi connectivity index (χ3v) is 13.7. The standard InChI is InChI=1S/C66H118O6/c1-4-7-10-13-16-19-21-23-25-27-29-31-32-33-34-36-37-39-41-43-45-47-50-53-56-59-65(68)71-62-63(61-70-64(67)58-55-52-49-18-15-12-9-6-3)72-66(69)60-57-54-51-48-46-44-42-40-38-35-30-28-26-24-22-20-17-14-11-8-5-2/h21-24,27-30,32-33,63H,4-20,25-26,31,34-62H2,1-3H3/b23-21-,24-22-,29-27-,30-28-,33-32-. The number of ether oxygens (including phenoxy) is 3. The molecule has 0 spiro atoms. The van der Waals surface area contributed by atoms with Crippen LogP contribution in [0.3, 0.4) is 0 Å². The van der Waals surface area contributed by atoms with Gasteiger partial charge in [-0.1, -0.05) is 274 Å². The molecule has 0 amide bonds. The second kappa shape index (κ2) is 60.7. The zero-order valence-electron chi connectivity index (χ0n) is 47.9. The maximum Gasteiger partial charge on any atom is 0.306 e. The van der Waals surface area contributed by atoms with E-state index < -0.39 is 6.10 Å². The monoisotopic (exact) mass is 1010 g/mol. The van der Waals surface area contributed by atoms with E-state index in [2.05, 4.69) is 81.5 Å². The second-order valence-electron chi connectivity index (χ2n) is 21.0. The minimum absolute atomic E-state index is 0.0749. The van der Waals surface area contributed by atoms with Crippen LogP contribution in [0.15, 0.2) is 60.8 Å². The molecular formula is C66H118O6. The molecule has 0 radical (unpaired) electrons. The molecule has 0 aromatic heterocycles. The third-order valence-electron chi connectivity index (χ3n) is 13.7. The van der Waals surface area contributed by atoms with E-state index in [1.165, 1.54) is 205 Å². The van der Waals surface area contributed by atoms with Gasteiger partial charge in [-0.15, -0.1) is 0 Å². The fraction of sp³-hybridized carbons (Fsp3) is 0.803. The van der Waals surface area contributed by atoms with Crippen molar-refractivity contribution in [3.05, 3.63) is 60.8 Å². The van der Waals surface area contributed by atoms with E-state index in [1.807, 2.05) is 0 Å². The van der Waals surface area contributed by atoms with Crippen molar-refractivity contribution >= 4 is 17.9 Å². The average molecular weight is 1010 g/mol. The average Bonchev–Trinajstić information content (AvgIpc) is 3.38. The molecule has 6 nitrogen and oxygen atoms in total. The van der Waals surface area contributed by atoms with Crippen molar-refractivity contribution in [3.63, 3.8) is 0 Å². The molecule has 0 rings (SSSR count). The van der Waals surface area contributed by atoms with Crippen LogP contribution in [0.1, 0.15) is 323 Å². The summed E-state index contributed by atoms with van der Waals surface area (Å²) in [5.74, 6) is -0.874. The summed E-state index contributed by atoms with van der Waals surface area (Å²) in [4.78, 5) is 38.1. The Morgan fingerprint density at radius 3 is 0.778 bits per heavy atom. The van der Waals surface area contributed by atoms with Gasteiger partial charge in [0, 0.05) is 19.3 Å². The smallest absolute Gasteiger partial charge is 0.306 e. The van der Waals surface area contributed by atoms with Crippen LogP contribution in [0.5, 0.6) is 0 Å². The number of carbonyl (C=O) groups is 3. The van der Waals surface area contributed by atoms with Gasteiger partial charge in [-0.2, -0.15) is 0 Å². The van der Waals surface area contributed by atoms with E-state index in [-0.39, 0.29) is 31.1 Å². The predicted molar refractivity (Wildman–Crippen MR) is 312 cm³/mol. The van der Waals surface area contributed by atoms with E-state index in [4.69, 9.17) is 14.2 Å². The molecule has 0 fully saturated rings. The van der Waals surface area contributed by atoms with Crippen LogP contribution in [-0.4, -0.2) is 37.2 Å². The van der Waals surface area contributed by atoms with Gasteiger partial charge >= 0.3 is 17.9 Å². The lowest BCUT2D eigenvalue weighted by atomic mass is 10.0. The molecule has 0 saturated carbocycles. The first-order valence-corrected chi connectivity index (χ1v) is 31.3. The normalized spacial score (nSPS) is 12.4. The first-order chi connectivity index (χ1) is 35.5. The summed E-state index contributed by atoms with van der Waals surface area (Å²) in [5, 5.41) is 0. The molecule has 418 valence electrons. The van der Waals surface area contributed by atoms with Crippen molar-refractivity contribution in [2.24, 2.45) is 0 Å². The van der Waals surface area contributed by atoms with Crippen LogP contribution in [0, 0.1) is 0 Å². The van der Waals surface area contributed by atoms with Gasteiger partial charge < -0.3 is 14.2 Å². The molecule has 0 aliphatic carbocycles. The molecule has 0 aliphatic rings. The second-order valence-corrected chi connectivity index (χ2v) is 21.0. The SMILES string of the molecule is CCCCCCC/C=C\C/C=C\C/C=C\CCCCCCCCCCCCC(=O)OCC(COC(=O)CCCCCCCCCC)OC(=O)CCCCCCCCCCC/C=C\C/C=C\CCCCCCC. The highest BCUT2D eigenvalue weighted by atomic mass is 16.6. The van der Waals surface area contributed by atoms with E-state index in [0.29, 0.717) is 19.3 Å². The molecule has 0 N–H and O–H groups in total. The van der Waals surface area contributed by atoms with E-state index in [1.54, 1.807) is 0 Å². The minimum atomic E-state index is -0.776. The van der Waals surface area contributed by atoms with Gasteiger partial charge in [-0.25, -0.2) is 0 Å². The largest absolute Gasteiger partial charge is 0.462 e. The van der Waals surface area contributed by atoms with Crippen molar-refractivity contribution in [3.8, 4) is 0 Å². The first-order valence-electron chi connectivity index (χ1n) is 31.3. The summed E-state index contributed by atoms with van der Waals surface area (Å²) in [6.45, 7) is 6.62. The van der Waals surface area contributed by atoms with Crippen molar-refractivity contribution in [2.75, 3.05) is 13.2 Å². The molecule has 0 aromatic rings. The summed E-state index contributed by atoms with van der Waals surface area (Å²) in [6, 6.07) is 0. The Morgan fingerprint density at radius 1 is 0.278 bits per heavy atom. The molecule has 1 unspecified atom stereocenters. The van der Waals surface area contributed by atoms with Crippen LogP contribution in [-0.2, 0) is 28.6 Å². The summed E-state index contributed by atoms with van der Waals surface area (Å²) >= 11 is 0. The van der Waals surface area contributed by atoms with Crippen LogP contribution in [0.4, 0.5) is 0 Å². The number of hydrogen-bond acceptors (Lipinski definition) is 6. The fourth-order valence-electron chi connectivity index (χ4n) is 9.01. The Bertz CT molecular complexity index is 1290. The Morgan fingerprint density at radius 2 is 0.500 bits per heavy atom. The highest BCUT2D eigenvalue weighted by molar-refractivity contribution is 5.71. The Balaban J connectivity index is 4.19. The lowest BCUT2D eigenvalue weighted by molar-refractivity contribution is -0.167. The van der Waals surface area contributed by atoms with Crippen molar-refractivity contribution < 1.29 is 28.6 Å². The van der Waals surface area contributed by atoms with Crippen LogP contribution >= 0.6 is 0 Å². The summed E-state index contributed by atoms with van der Waals surface area (Å²) in [6.07, 6.45) is 76.6. The number of allylic oxidation sites excluding steroid dienone is 10. The van der Waals surface area contributed by atoms with Crippen LogP contribution in [0.25, 0.3) is 0 Å². The number of unbranched alkanes of at least 4 members (excludes halogenated alkanes) is 36. The maximum absolute atomic E-state index is 12.9. The zero-order valence-corrected chi connectivity index (χ0v) is 47.9. The van der Waals surface area contributed by atoms with E-state index in [0.717, 1.165) is 77.0 Å². The molecular weight excluding hydrogens is 889 g/mol. The lowest BCUT2D eigenvalue weighted by Gasteiger charge is -2.18. The first kappa shape index (κ1) is 69.1. The molecule has 1 atom stereocenters. The summed E-state index contributed by atoms with van der Waals surface area (Å²) < 4.78 is 16.9. The predicted octanol–water partition coefficient (Wildman–Crippen LogP) is 21.2. The topological polar surface area (TPSA) is 78.9 Å². The van der Waals surface area contributed by atoms with E-state index in [9.17, 15) is 14.4 Å². The van der Waals surface area contributed by atoms with Gasteiger partial charge in [0.15, 0.2) is 6.10 Å². The third kappa shape index (κ3) is 58.0. The highest BCUT2D eigenvalue weighted by Crippen LogP contribution is 2.16. The van der Waals surface area contributed by atoms with Crippen molar-refractivity contribution in [2.45, 2.75) is 329 Å². The van der Waals surface area contributed by atoms with Gasteiger partial charge in [0.05, 0.1) is 0 Å².